The molecule has 3 aromatic carbocycles. The zero-order chi connectivity index (χ0) is 18.5. The number of hydrogen-bond acceptors (Lipinski definition) is 3. The second kappa shape index (κ2) is 7.71. The van der Waals surface area contributed by atoms with Crippen molar-refractivity contribution in [2.45, 2.75) is 26.0 Å². The molecule has 0 aliphatic rings. The molecule has 26 heavy (non-hydrogen) atoms. The van der Waals surface area contributed by atoms with Crippen molar-refractivity contribution >= 4 is 16.7 Å². The first-order chi connectivity index (χ1) is 12.6. The van der Waals surface area contributed by atoms with E-state index in [9.17, 15) is 4.79 Å². The fourth-order valence-corrected chi connectivity index (χ4v) is 2.90. The Bertz CT molecular complexity index is 953. The van der Waals surface area contributed by atoms with Crippen LogP contribution in [0.2, 0.25) is 0 Å². The van der Waals surface area contributed by atoms with Gasteiger partial charge in [0, 0.05) is 0 Å². The summed E-state index contributed by atoms with van der Waals surface area (Å²) in [5.74, 6) is 0.374. The van der Waals surface area contributed by atoms with Gasteiger partial charge in [0.05, 0.1) is 17.7 Å². The lowest BCUT2D eigenvalue weighted by Crippen LogP contribution is -2.37. The number of nitriles is 1. The van der Waals surface area contributed by atoms with Crippen LogP contribution in [-0.2, 0) is 4.79 Å². The zero-order valence-electron chi connectivity index (χ0n) is 14.8. The molecule has 1 amide bonds. The molecule has 2 atom stereocenters. The van der Waals surface area contributed by atoms with Gasteiger partial charge in [-0.2, -0.15) is 5.26 Å². The molecular formula is C22H20N2O2. The van der Waals surface area contributed by atoms with E-state index in [1.165, 1.54) is 0 Å². The molecule has 0 saturated heterocycles. The van der Waals surface area contributed by atoms with Crippen LogP contribution in [0.15, 0.2) is 66.7 Å². The predicted molar refractivity (Wildman–Crippen MR) is 102 cm³/mol. The molecule has 0 radical (unpaired) electrons. The van der Waals surface area contributed by atoms with E-state index in [-0.39, 0.29) is 11.9 Å². The van der Waals surface area contributed by atoms with Gasteiger partial charge in [-0.05, 0) is 54.4 Å². The summed E-state index contributed by atoms with van der Waals surface area (Å²) in [6.45, 7) is 3.68. The third-order valence-corrected chi connectivity index (χ3v) is 4.31. The normalized spacial score (nSPS) is 12.8. The van der Waals surface area contributed by atoms with Crippen LogP contribution in [0.5, 0.6) is 5.75 Å². The third kappa shape index (κ3) is 3.84. The minimum Gasteiger partial charge on any atom is -0.481 e. The topological polar surface area (TPSA) is 62.1 Å². The van der Waals surface area contributed by atoms with Crippen molar-refractivity contribution in [2.24, 2.45) is 0 Å². The number of amides is 1. The van der Waals surface area contributed by atoms with E-state index in [4.69, 9.17) is 10.00 Å². The largest absolute Gasteiger partial charge is 0.481 e. The Hall–Kier alpha value is -3.32. The van der Waals surface area contributed by atoms with Gasteiger partial charge < -0.3 is 10.1 Å². The molecule has 0 bridgehead atoms. The maximum absolute atomic E-state index is 12.5. The van der Waals surface area contributed by atoms with Crippen LogP contribution in [-0.4, -0.2) is 12.0 Å². The zero-order valence-corrected chi connectivity index (χ0v) is 14.8. The van der Waals surface area contributed by atoms with Gasteiger partial charge in [0.1, 0.15) is 5.75 Å². The van der Waals surface area contributed by atoms with Crippen molar-refractivity contribution in [3.63, 3.8) is 0 Å². The highest BCUT2D eigenvalue weighted by molar-refractivity contribution is 5.87. The summed E-state index contributed by atoms with van der Waals surface area (Å²) in [6, 6.07) is 22.8. The summed E-state index contributed by atoms with van der Waals surface area (Å²) in [5.41, 5.74) is 1.63. The highest BCUT2D eigenvalue weighted by atomic mass is 16.5. The first-order valence-electron chi connectivity index (χ1n) is 8.53. The van der Waals surface area contributed by atoms with Crippen molar-refractivity contribution in [2.75, 3.05) is 0 Å². The van der Waals surface area contributed by atoms with Crippen molar-refractivity contribution in [1.29, 1.82) is 5.26 Å². The number of rotatable bonds is 5. The molecule has 0 aromatic heterocycles. The monoisotopic (exact) mass is 344 g/mol. The standard InChI is InChI=1S/C22H20N2O2/c1-15(20-9-5-7-18-6-3-4-8-21(18)20)24-22(25)16(2)26-19-12-10-17(14-23)11-13-19/h3-13,15-16H,1-2H3,(H,24,25). The van der Waals surface area contributed by atoms with E-state index in [0.717, 1.165) is 16.3 Å². The van der Waals surface area contributed by atoms with Crippen molar-refractivity contribution < 1.29 is 9.53 Å². The molecule has 1 N–H and O–H groups in total. The Morgan fingerprint density at radius 1 is 1.00 bits per heavy atom. The van der Waals surface area contributed by atoms with E-state index in [1.807, 2.05) is 31.2 Å². The van der Waals surface area contributed by atoms with E-state index in [0.29, 0.717) is 11.3 Å². The van der Waals surface area contributed by atoms with Crippen LogP contribution in [0.1, 0.15) is 31.0 Å². The van der Waals surface area contributed by atoms with Gasteiger partial charge in [0.15, 0.2) is 6.10 Å². The maximum Gasteiger partial charge on any atom is 0.261 e. The van der Waals surface area contributed by atoms with Gasteiger partial charge in [-0.3, -0.25) is 4.79 Å². The van der Waals surface area contributed by atoms with E-state index in [2.05, 4.69) is 29.6 Å². The molecule has 0 aliphatic carbocycles. The Kier molecular flexibility index (Phi) is 5.19. The lowest BCUT2D eigenvalue weighted by Gasteiger charge is -2.20. The van der Waals surface area contributed by atoms with Gasteiger partial charge in [0.25, 0.3) is 5.91 Å². The number of hydrogen-bond donors (Lipinski definition) is 1. The van der Waals surface area contributed by atoms with Crippen molar-refractivity contribution in [3.8, 4) is 11.8 Å². The predicted octanol–water partition coefficient (Wildman–Crippen LogP) is 4.36. The minimum absolute atomic E-state index is 0.138. The number of nitrogens with one attached hydrogen (secondary N) is 1. The van der Waals surface area contributed by atoms with Crippen molar-refractivity contribution in [3.05, 3.63) is 77.9 Å². The minimum atomic E-state index is -0.639. The highest BCUT2D eigenvalue weighted by Gasteiger charge is 2.18. The van der Waals surface area contributed by atoms with E-state index < -0.39 is 6.10 Å². The lowest BCUT2D eigenvalue weighted by molar-refractivity contribution is -0.127. The Morgan fingerprint density at radius 3 is 2.42 bits per heavy atom. The SMILES string of the molecule is CC(Oc1ccc(C#N)cc1)C(=O)NC(C)c1cccc2ccccc12. The molecule has 3 rings (SSSR count). The molecule has 4 heteroatoms. The molecule has 0 saturated carbocycles. The number of benzene rings is 3. The fourth-order valence-electron chi connectivity index (χ4n) is 2.90. The summed E-state index contributed by atoms with van der Waals surface area (Å²) in [7, 11) is 0. The first kappa shape index (κ1) is 17.5. The van der Waals surface area contributed by atoms with Crippen LogP contribution in [0.25, 0.3) is 10.8 Å². The highest BCUT2D eigenvalue weighted by Crippen LogP contribution is 2.24. The molecule has 4 nitrogen and oxygen atoms in total. The van der Waals surface area contributed by atoms with E-state index in [1.54, 1.807) is 31.2 Å². The molecule has 2 unspecified atom stereocenters. The summed E-state index contributed by atoms with van der Waals surface area (Å²) < 4.78 is 5.68. The number of nitrogens with zero attached hydrogens (tertiary/aromatic N) is 1. The van der Waals surface area contributed by atoms with E-state index >= 15 is 0 Å². The molecule has 0 spiro atoms. The van der Waals surface area contributed by atoms with Gasteiger partial charge in [0.2, 0.25) is 0 Å². The van der Waals surface area contributed by atoms with Crippen LogP contribution >= 0.6 is 0 Å². The van der Waals surface area contributed by atoms with Crippen LogP contribution in [0.4, 0.5) is 0 Å². The Labute approximate surface area is 153 Å². The maximum atomic E-state index is 12.5. The van der Waals surface area contributed by atoms with Gasteiger partial charge in [-0.25, -0.2) is 0 Å². The third-order valence-electron chi connectivity index (χ3n) is 4.31. The second-order valence-corrected chi connectivity index (χ2v) is 6.19. The molecule has 0 heterocycles. The van der Waals surface area contributed by atoms with Gasteiger partial charge in [-0.15, -0.1) is 0 Å². The van der Waals surface area contributed by atoms with Crippen LogP contribution in [0, 0.1) is 11.3 Å². The fraction of sp³-hybridized carbons (Fsp3) is 0.182. The average molecular weight is 344 g/mol. The quantitative estimate of drug-likeness (QED) is 0.748. The van der Waals surface area contributed by atoms with Gasteiger partial charge >= 0.3 is 0 Å². The van der Waals surface area contributed by atoms with Crippen LogP contribution in [0.3, 0.4) is 0 Å². The summed E-state index contributed by atoms with van der Waals surface area (Å²) >= 11 is 0. The molecule has 0 aliphatic heterocycles. The van der Waals surface area contributed by atoms with Gasteiger partial charge in [-0.1, -0.05) is 42.5 Å². The molecule has 3 aromatic rings. The summed E-state index contributed by atoms with van der Waals surface area (Å²) in [5, 5.41) is 14.1. The van der Waals surface area contributed by atoms with Crippen LogP contribution < -0.4 is 10.1 Å². The molecular weight excluding hydrogens is 324 g/mol. The molecule has 0 fully saturated rings. The number of carbonyl (C=O) groups is 1. The summed E-state index contributed by atoms with van der Waals surface area (Å²) in [4.78, 5) is 12.5. The smallest absolute Gasteiger partial charge is 0.261 e. The number of carbonyl (C=O) groups excluding carboxylic acids is 1. The Morgan fingerprint density at radius 2 is 1.69 bits per heavy atom. The Balaban J connectivity index is 1.69. The lowest BCUT2D eigenvalue weighted by atomic mass is 9.99. The number of fused-ring (bicyclic) bond motifs is 1. The molecule has 130 valence electrons. The average Bonchev–Trinajstić information content (AvgIpc) is 2.68. The number of ether oxygens (including phenoxy) is 1. The summed E-state index contributed by atoms with van der Waals surface area (Å²) in [6.07, 6.45) is -0.639. The second-order valence-electron chi connectivity index (χ2n) is 6.19. The van der Waals surface area contributed by atoms with Crippen molar-refractivity contribution in [1.82, 2.24) is 5.32 Å². The first-order valence-corrected chi connectivity index (χ1v) is 8.53.